The fraction of sp³-hybridized carbons (Fsp3) is 0.433. The second kappa shape index (κ2) is 14.5. The number of imidazole rings is 1. The van der Waals surface area contributed by atoms with Crippen LogP contribution in [-0.4, -0.2) is 86.6 Å². The van der Waals surface area contributed by atoms with Gasteiger partial charge in [0.2, 0.25) is 0 Å². The molecule has 1 saturated carbocycles. The normalized spacial score (nSPS) is 19.0. The summed E-state index contributed by atoms with van der Waals surface area (Å²) in [5.41, 5.74) is -0.121. The quantitative estimate of drug-likeness (QED) is 0.300. The smallest absolute Gasteiger partial charge is 0.349 e. The van der Waals surface area contributed by atoms with Crippen molar-refractivity contribution in [1.82, 2.24) is 40.2 Å². The Balaban J connectivity index is 0.00000245. The number of hydrogen-bond donors (Lipinski definition) is 4. The number of alkyl halides is 3. The molecule has 1 aliphatic heterocycles. The molecule has 250 valence electrons. The molecule has 2 aromatic heterocycles. The van der Waals surface area contributed by atoms with Crippen molar-refractivity contribution < 1.29 is 32.3 Å². The molecule has 17 heteroatoms. The van der Waals surface area contributed by atoms with Crippen molar-refractivity contribution >= 4 is 30.3 Å². The van der Waals surface area contributed by atoms with Crippen molar-refractivity contribution in [3.8, 4) is 17.3 Å². The van der Waals surface area contributed by atoms with E-state index in [-0.39, 0.29) is 53.7 Å². The third kappa shape index (κ3) is 7.95. The first kappa shape index (κ1) is 34.6. The van der Waals surface area contributed by atoms with Crippen LogP contribution in [0, 0.1) is 18.3 Å². The summed E-state index contributed by atoms with van der Waals surface area (Å²) in [6.07, 6.45) is -1.30. The maximum Gasteiger partial charge on any atom is 0.435 e. The summed E-state index contributed by atoms with van der Waals surface area (Å²) < 4.78 is 42.9. The molecule has 4 amide bonds. The zero-order chi connectivity index (χ0) is 34.5. The van der Waals surface area contributed by atoms with E-state index in [9.17, 15) is 27.6 Å². The lowest BCUT2D eigenvalue weighted by Gasteiger charge is -2.39. The minimum absolute atomic E-state index is 0.00365. The van der Waals surface area contributed by atoms with E-state index >= 15 is 0 Å². The number of amides is 4. The van der Waals surface area contributed by atoms with E-state index in [1.807, 2.05) is 13.7 Å². The van der Waals surface area contributed by atoms with Crippen LogP contribution in [0.4, 0.5) is 23.7 Å². The first-order valence-corrected chi connectivity index (χ1v) is 14.7. The molecule has 47 heavy (non-hydrogen) atoms. The topological polar surface area (TPSA) is 179 Å². The molecule has 1 unspecified atom stereocenters. The van der Waals surface area contributed by atoms with Crippen molar-refractivity contribution in [3.05, 3.63) is 53.2 Å². The number of aryl methyl sites for hydroxylation is 1. The number of carbonyl (C=O) groups excluding carboxylic acids is 4. The van der Waals surface area contributed by atoms with Gasteiger partial charge in [0, 0.05) is 62.3 Å². The molecule has 2 aliphatic rings. The van der Waals surface area contributed by atoms with Gasteiger partial charge in [0.1, 0.15) is 13.3 Å². The number of halogens is 3. The summed E-state index contributed by atoms with van der Waals surface area (Å²) in [5, 5.41) is 24.3. The van der Waals surface area contributed by atoms with E-state index in [1.54, 1.807) is 36.1 Å². The predicted molar refractivity (Wildman–Crippen MR) is 163 cm³/mol. The zero-order valence-electron chi connectivity index (χ0n) is 26.0. The minimum Gasteiger partial charge on any atom is -0.349 e. The lowest BCUT2D eigenvalue weighted by molar-refractivity contribution is -0.141. The van der Waals surface area contributed by atoms with Crippen LogP contribution in [0.1, 0.15) is 52.0 Å². The number of nitriles is 1. The zero-order valence-corrected chi connectivity index (χ0v) is 26.0. The number of aromatic nitrogens is 4. The van der Waals surface area contributed by atoms with Gasteiger partial charge in [-0.3, -0.25) is 14.3 Å². The van der Waals surface area contributed by atoms with Gasteiger partial charge >= 0.3 is 12.2 Å². The van der Waals surface area contributed by atoms with Crippen LogP contribution in [0.2, 0.25) is 0 Å². The Bertz CT molecular complexity index is 1670. The van der Waals surface area contributed by atoms with Gasteiger partial charge < -0.3 is 35.5 Å². The van der Waals surface area contributed by atoms with Crippen LogP contribution < -0.4 is 21.3 Å². The number of urea groups is 1. The first-order valence-electron chi connectivity index (χ1n) is 14.7. The molecule has 1 atom stereocenters. The Morgan fingerprint density at radius 1 is 1.15 bits per heavy atom. The largest absolute Gasteiger partial charge is 0.435 e. The second-order valence-corrected chi connectivity index (χ2v) is 11.3. The number of carbonyl (C=O) groups is 4. The second-order valence-electron chi connectivity index (χ2n) is 11.3. The summed E-state index contributed by atoms with van der Waals surface area (Å²) in [7, 11) is 1.40. The molecule has 0 radical (unpaired) electrons. The molecule has 2 fully saturated rings. The SMILES string of the molecule is C=O.Cc1cc(NC(=O)c2ncc(-c3cn(CC#N)nc3C(F)(F)F)n2C)ccc1C(=O)NC1CC(NC(=O)N2CCNC(C)C2)C1. The van der Waals surface area contributed by atoms with Gasteiger partial charge in [-0.15, -0.1) is 0 Å². The fourth-order valence-corrected chi connectivity index (χ4v) is 5.52. The maximum atomic E-state index is 13.6. The number of hydrogen-bond acceptors (Lipinski definition) is 8. The molecule has 1 aromatic carbocycles. The summed E-state index contributed by atoms with van der Waals surface area (Å²) in [6, 6.07) is 6.56. The highest BCUT2D eigenvalue weighted by Crippen LogP contribution is 2.36. The van der Waals surface area contributed by atoms with Crippen LogP contribution in [0.15, 0.2) is 30.6 Å². The van der Waals surface area contributed by atoms with Crippen molar-refractivity contribution in [1.29, 1.82) is 5.26 Å². The first-order chi connectivity index (χ1) is 22.3. The Morgan fingerprint density at radius 2 is 1.85 bits per heavy atom. The van der Waals surface area contributed by atoms with Gasteiger partial charge in [-0.05, 0) is 50.5 Å². The highest BCUT2D eigenvalue weighted by atomic mass is 19.4. The van der Waals surface area contributed by atoms with Gasteiger partial charge in [-0.2, -0.15) is 23.5 Å². The number of nitrogens with one attached hydrogen (secondary N) is 4. The third-order valence-corrected chi connectivity index (χ3v) is 7.92. The lowest BCUT2D eigenvalue weighted by Crippen LogP contribution is -2.59. The van der Waals surface area contributed by atoms with E-state index < -0.39 is 17.8 Å². The van der Waals surface area contributed by atoms with Crippen molar-refractivity contribution in [2.24, 2.45) is 7.05 Å². The standard InChI is InChI=1S/C29H33F3N10O3.CH2O/c1-16-10-18(4-5-21(16)26(43)37-19-11-20(12-19)38-28(45)41-9-7-34-17(2)14-41)36-27(44)25-35-13-23(40(25)3)22-15-42(8-6-33)39-24(22)29(30,31)32;1-2/h4-5,10,13,15,17,19-20,34H,7-9,11-12,14H2,1-3H3,(H,36,44)(H,37,43)(H,38,45);1H2. The van der Waals surface area contributed by atoms with Gasteiger partial charge in [0.05, 0.1) is 23.5 Å². The maximum absolute atomic E-state index is 13.6. The number of anilines is 1. The van der Waals surface area contributed by atoms with Crippen LogP contribution >= 0.6 is 0 Å². The van der Waals surface area contributed by atoms with Crippen LogP contribution in [-0.2, 0) is 24.6 Å². The number of benzene rings is 1. The number of nitrogens with zero attached hydrogens (tertiary/aromatic N) is 6. The molecule has 14 nitrogen and oxygen atoms in total. The molecule has 1 saturated heterocycles. The average Bonchev–Trinajstić information content (AvgIpc) is 3.60. The Kier molecular flexibility index (Phi) is 10.7. The molecule has 0 spiro atoms. The van der Waals surface area contributed by atoms with E-state index in [0.29, 0.717) is 42.7 Å². The summed E-state index contributed by atoms with van der Waals surface area (Å²) in [4.78, 5) is 52.3. The van der Waals surface area contributed by atoms with Crippen LogP contribution in [0.5, 0.6) is 0 Å². The van der Waals surface area contributed by atoms with Gasteiger partial charge in [0.25, 0.3) is 11.8 Å². The monoisotopic (exact) mass is 656 g/mol. The highest BCUT2D eigenvalue weighted by molar-refractivity contribution is 6.03. The number of rotatable bonds is 7. The van der Waals surface area contributed by atoms with Crippen LogP contribution in [0.3, 0.4) is 0 Å². The molecule has 4 N–H and O–H groups in total. The van der Waals surface area contributed by atoms with E-state index in [2.05, 4.69) is 31.3 Å². The summed E-state index contributed by atoms with van der Waals surface area (Å²) in [6.45, 7) is 7.44. The third-order valence-electron chi connectivity index (χ3n) is 7.92. The van der Waals surface area contributed by atoms with Gasteiger partial charge in [0.15, 0.2) is 11.5 Å². The molecular formula is C30H35F3N10O4. The highest BCUT2D eigenvalue weighted by Gasteiger charge is 2.39. The Labute approximate surface area is 268 Å². The van der Waals surface area contributed by atoms with Crippen LogP contribution in [0.25, 0.3) is 11.3 Å². The van der Waals surface area contributed by atoms with Crippen molar-refractivity contribution in [2.75, 3.05) is 25.0 Å². The summed E-state index contributed by atoms with van der Waals surface area (Å²) >= 11 is 0. The van der Waals surface area contributed by atoms with Crippen molar-refractivity contribution in [3.63, 3.8) is 0 Å². The summed E-state index contributed by atoms with van der Waals surface area (Å²) in [5.74, 6) is -1.10. The molecule has 3 aromatic rings. The minimum atomic E-state index is -4.78. The fourth-order valence-electron chi connectivity index (χ4n) is 5.52. The van der Waals surface area contributed by atoms with Gasteiger partial charge in [-0.25, -0.2) is 9.78 Å². The molecule has 3 heterocycles. The molecule has 5 rings (SSSR count). The van der Waals surface area contributed by atoms with Gasteiger partial charge in [-0.1, -0.05) is 0 Å². The molecule has 0 bridgehead atoms. The Hall–Kier alpha value is -5.24. The van der Waals surface area contributed by atoms with E-state index in [1.165, 1.54) is 11.6 Å². The van der Waals surface area contributed by atoms with Crippen molar-refractivity contribution in [2.45, 2.75) is 57.5 Å². The molecular weight excluding hydrogens is 621 g/mol. The lowest BCUT2D eigenvalue weighted by atomic mass is 9.86. The van der Waals surface area contributed by atoms with E-state index in [4.69, 9.17) is 10.1 Å². The average molecular weight is 657 g/mol. The Morgan fingerprint density at radius 3 is 2.49 bits per heavy atom. The van der Waals surface area contributed by atoms with E-state index in [0.717, 1.165) is 23.6 Å². The predicted octanol–water partition coefficient (Wildman–Crippen LogP) is 2.47. The number of piperazine rings is 1. The molecule has 1 aliphatic carbocycles.